The topological polar surface area (TPSA) is 40.5 Å². The van der Waals surface area contributed by atoms with Crippen LogP contribution in [-0.2, 0) is 0 Å². The van der Waals surface area contributed by atoms with Crippen molar-refractivity contribution in [3.05, 3.63) is 60.2 Å². The maximum absolute atomic E-state index is 13.8. The number of rotatable bonds is 1. The first-order chi connectivity index (χ1) is 9.56. The lowest BCUT2D eigenvalue weighted by Gasteiger charge is -2.08. The Morgan fingerprint density at radius 1 is 0.800 bits per heavy atom. The third-order valence-corrected chi connectivity index (χ3v) is 3.17. The molecule has 0 bridgehead atoms. The molecular weight excluding hydrogens is 262 g/mol. The minimum Gasteiger partial charge on any atom is -0.508 e. The van der Waals surface area contributed by atoms with Crippen LogP contribution in [0.4, 0.5) is 8.78 Å². The van der Waals surface area contributed by atoms with E-state index >= 15 is 0 Å². The van der Waals surface area contributed by atoms with E-state index < -0.39 is 17.4 Å². The molecule has 4 heteroatoms. The molecule has 3 aromatic rings. The van der Waals surface area contributed by atoms with Gasteiger partial charge in [-0.1, -0.05) is 24.3 Å². The van der Waals surface area contributed by atoms with Crippen LogP contribution in [0, 0.1) is 11.6 Å². The molecule has 0 aliphatic carbocycles. The Labute approximate surface area is 113 Å². The molecule has 2 N–H and O–H groups in total. The second-order valence-electron chi connectivity index (χ2n) is 4.50. The van der Waals surface area contributed by atoms with E-state index in [2.05, 4.69) is 0 Å². The van der Waals surface area contributed by atoms with Crippen LogP contribution in [0.5, 0.6) is 11.5 Å². The zero-order chi connectivity index (χ0) is 14.3. The molecule has 0 amide bonds. The van der Waals surface area contributed by atoms with Gasteiger partial charge in [-0.2, -0.15) is 0 Å². The minimum atomic E-state index is -0.831. The molecule has 0 radical (unpaired) electrons. The zero-order valence-electron chi connectivity index (χ0n) is 10.3. The van der Waals surface area contributed by atoms with Crippen LogP contribution in [0.2, 0.25) is 0 Å². The number of fused-ring (bicyclic) bond motifs is 1. The summed E-state index contributed by atoms with van der Waals surface area (Å²) < 4.78 is 27.7. The largest absolute Gasteiger partial charge is 0.508 e. The summed E-state index contributed by atoms with van der Waals surface area (Å²) in [7, 11) is 0. The highest BCUT2D eigenvalue weighted by Crippen LogP contribution is 2.33. The first-order valence-corrected chi connectivity index (χ1v) is 5.96. The van der Waals surface area contributed by atoms with Crippen LogP contribution in [0.3, 0.4) is 0 Å². The fraction of sp³-hybridized carbons (Fsp3) is 0. The average Bonchev–Trinajstić information content (AvgIpc) is 2.37. The second kappa shape index (κ2) is 4.49. The summed E-state index contributed by atoms with van der Waals surface area (Å²) in [4.78, 5) is 0. The van der Waals surface area contributed by atoms with Gasteiger partial charge < -0.3 is 10.2 Å². The summed E-state index contributed by atoms with van der Waals surface area (Å²) in [5, 5.41) is 20.1. The zero-order valence-corrected chi connectivity index (χ0v) is 10.3. The van der Waals surface area contributed by atoms with Crippen LogP contribution in [0.1, 0.15) is 0 Å². The molecule has 0 fully saturated rings. The van der Waals surface area contributed by atoms with Crippen LogP contribution >= 0.6 is 0 Å². The lowest BCUT2D eigenvalue weighted by Crippen LogP contribution is -1.90. The lowest BCUT2D eigenvalue weighted by molar-refractivity contribution is 0.461. The first kappa shape index (κ1) is 12.4. The molecule has 0 saturated heterocycles. The smallest absolute Gasteiger partial charge is 0.137 e. The number of phenolic OH excluding ortho intramolecular Hbond substituents is 2. The Hall–Kier alpha value is -2.62. The van der Waals surface area contributed by atoms with E-state index in [4.69, 9.17) is 5.11 Å². The number of halogens is 2. The molecular formula is C16H10F2O2. The molecule has 20 heavy (non-hydrogen) atoms. The molecule has 3 rings (SSSR count). The fourth-order valence-corrected chi connectivity index (χ4v) is 2.26. The summed E-state index contributed by atoms with van der Waals surface area (Å²) >= 11 is 0. The predicted octanol–water partition coefficient (Wildman–Crippen LogP) is 4.20. The van der Waals surface area contributed by atoms with Crippen LogP contribution < -0.4 is 0 Å². The molecule has 0 atom stereocenters. The molecule has 2 nitrogen and oxygen atoms in total. The standard InChI is InChI=1S/C16H10F2O2/c17-13-7-11(19)8-14(18)16(13)10-4-5-12-9(6-10)2-1-3-15(12)20/h1-8,19-20H. The number of benzene rings is 3. The summed E-state index contributed by atoms with van der Waals surface area (Å²) in [6.45, 7) is 0. The van der Waals surface area contributed by atoms with E-state index in [1.165, 1.54) is 6.07 Å². The highest BCUT2D eigenvalue weighted by atomic mass is 19.1. The van der Waals surface area contributed by atoms with Crippen molar-refractivity contribution in [1.29, 1.82) is 0 Å². The Morgan fingerprint density at radius 3 is 2.20 bits per heavy atom. The van der Waals surface area contributed by atoms with Gasteiger partial charge in [0.2, 0.25) is 0 Å². The molecule has 3 aromatic carbocycles. The van der Waals surface area contributed by atoms with E-state index in [-0.39, 0.29) is 11.3 Å². The monoisotopic (exact) mass is 272 g/mol. The van der Waals surface area contributed by atoms with Crippen LogP contribution in [-0.4, -0.2) is 10.2 Å². The van der Waals surface area contributed by atoms with Crippen molar-refractivity contribution in [1.82, 2.24) is 0 Å². The molecule has 0 spiro atoms. The fourth-order valence-electron chi connectivity index (χ4n) is 2.26. The third-order valence-electron chi connectivity index (χ3n) is 3.17. The van der Waals surface area contributed by atoms with Crippen molar-refractivity contribution < 1.29 is 19.0 Å². The summed E-state index contributed by atoms with van der Waals surface area (Å²) in [6, 6.07) is 11.4. The van der Waals surface area contributed by atoms with Crippen LogP contribution in [0.15, 0.2) is 48.5 Å². The van der Waals surface area contributed by atoms with Crippen LogP contribution in [0.25, 0.3) is 21.9 Å². The molecule has 0 unspecified atom stereocenters. The number of phenols is 2. The van der Waals surface area contributed by atoms with E-state index in [0.29, 0.717) is 16.3 Å². The van der Waals surface area contributed by atoms with Crippen molar-refractivity contribution in [3.8, 4) is 22.6 Å². The van der Waals surface area contributed by atoms with Gasteiger partial charge in [0.05, 0.1) is 5.56 Å². The Morgan fingerprint density at radius 2 is 1.50 bits per heavy atom. The molecule has 0 aliphatic rings. The molecule has 100 valence electrons. The van der Waals surface area contributed by atoms with Gasteiger partial charge in [0, 0.05) is 17.5 Å². The average molecular weight is 272 g/mol. The third kappa shape index (κ3) is 1.95. The number of hydrogen-bond acceptors (Lipinski definition) is 2. The van der Waals surface area contributed by atoms with E-state index in [0.717, 1.165) is 12.1 Å². The highest BCUT2D eigenvalue weighted by Gasteiger charge is 2.14. The first-order valence-electron chi connectivity index (χ1n) is 5.96. The van der Waals surface area contributed by atoms with Crippen molar-refractivity contribution in [2.45, 2.75) is 0 Å². The quantitative estimate of drug-likeness (QED) is 0.697. The normalized spacial score (nSPS) is 10.9. The molecule has 0 saturated carbocycles. The maximum Gasteiger partial charge on any atom is 0.137 e. The van der Waals surface area contributed by atoms with E-state index in [9.17, 15) is 13.9 Å². The molecule has 0 aliphatic heterocycles. The van der Waals surface area contributed by atoms with Gasteiger partial charge in [-0.05, 0) is 23.1 Å². The van der Waals surface area contributed by atoms with Gasteiger partial charge in [0.15, 0.2) is 0 Å². The van der Waals surface area contributed by atoms with Gasteiger partial charge in [0.25, 0.3) is 0 Å². The Kier molecular flexibility index (Phi) is 2.79. The van der Waals surface area contributed by atoms with E-state index in [1.54, 1.807) is 30.3 Å². The summed E-state index contributed by atoms with van der Waals surface area (Å²) in [5.41, 5.74) is 0.145. The highest BCUT2D eigenvalue weighted by molar-refractivity contribution is 5.91. The number of aromatic hydroxyl groups is 2. The van der Waals surface area contributed by atoms with Gasteiger partial charge >= 0.3 is 0 Å². The van der Waals surface area contributed by atoms with Crippen molar-refractivity contribution in [2.75, 3.05) is 0 Å². The van der Waals surface area contributed by atoms with E-state index in [1.807, 2.05) is 0 Å². The lowest BCUT2D eigenvalue weighted by atomic mass is 10.00. The maximum atomic E-state index is 13.8. The van der Waals surface area contributed by atoms with Crippen molar-refractivity contribution >= 4 is 10.8 Å². The second-order valence-corrected chi connectivity index (χ2v) is 4.50. The minimum absolute atomic E-state index is 0.112. The molecule has 0 heterocycles. The summed E-state index contributed by atoms with van der Waals surface area (Å²) in [6.07, 6.45) is 0. The van der Waals surface area contributed by atoms with Crippen molar-refractivity contribution in [3.63, 3.8) is 0 Å². The Balaban J connectivity index is 2.26. The van der Waals surface area contributed by atoms with Crippen molar-refractivity contribution in [2.24, 2.45) is 0 Å². The molecule has 0 aromatic heterocycles. The SMILES string of the molecule is Oc1cc(F)c(-c2ccc3c(O)cccc3c2)c(F)c1. The van der Waals surface area contributed by atoms with Gasteiger partial charge in [-0.25, -0.2) is 8.78 Å². The van der Waals surface area contributed by atoms with Gasteiger partial charge in [0.1, 0.15) is 23.1 Å². The van der Waals surface area contributed by atoms with Gasteiger partial charge in [-0.3, -0.25) is 0 Å². The number of hydrogen-bond donors (Lipinski definition) is 2. The van der Waals surface area contributed by atoms with Gasteiger partial charge in [-0.15, -0.1) is 0 Å². The summed E-state index contributed by atoms with van der Waals surface area (Å²) in [5.74, 6) is -2.01. The predicted molar refractivity (Wildman–Crippen MR) is 72.6 cm³/mol. The Bertz CT molecular complexity index is 790.